The van der Waals surface area contributed by atoms with Crippen molar-refractivity contribution in [1.82, 2.24) is 5.32 Å². The van der Waals surface area contributed by atoms with E-state index in [-0.39, 0.29) is 17.7 Å². The van der Waals surface area contributed by atoms with Gasteiger partial charge >= 0.3 is 5.97 Å². The zero-order valence-electron chi connectivity index (χ0n) is 10.8. The average molecular weight is 243 g/mol. The predicted octanol–water partition coefficient (Wildman–Crippen LogP) is 0.256. The number of esters is 1. The number of hydrogen-bond acceptors (Lipinski definition) is 5. The Hall–Kier alpha value is -0.940. The monoisotopic (exact) mass is 243 g/mol. The molecule has 98 valence electrons. The van der Waals surface area contributed by atoms with E-state index in [0.717, 1.165) is 0 Å². The third kappa shape index (κ3) is 4.09. The molecule has 0 saturated carbocycles. The first-order valence-corrected chi connectivity index (χ1v) is 5.89. The van der Waals surface area contributed by atoms with Crippen molar-refractivity contribution in [3.8, 4) is 0 Å². The van der Waals surface area contributed by atoms with Crippen LogP contribution in [0.1, 0.15) is 34.1 Å². The lowest BCUT2D eigenvalue weighted by molar-refractivity contribution is -0.157. The normalized spacial score (nSPS) is 26.6. The minimum absolute atomic E-state index is 0.219. The molecule has 0 radical (unpaired) electrons. The second-order valence-electron chi connectivity index (χ2n) is 5.51. The van der Waals surface area contributed by atoms with Crippen LogP contribution in [0.4, 0.5) is 0 Å². The topological polar surface area (TPSA) is 75.6 Å². The van der Waals surface area contributed by atoms with Gasteiger partial charge in [0, 0.05) is 12.5 Å². The summed E-state index contributed by atoms with van der Waals surface area (Å²) in [4.78, 5) is 23.3. The molecule has 0 aromatic carbocycles. The van der Waals surface area contributed by atoms with Gasteiger partial charge in [-0.15, -0.1) is 0 Å². The van der Waals surface area contributed by atoms with Crippen LogP contribution < -0.4 is 5.32 Å². The van der Waals surface area contributed by atoms with Crippen LogP contribution in [-0.2, 0) is 14.3 Å². The second-order valence-corrected chi connectivity index (χ2v) is 5.51. The van der Waals surface area contributed by atoms with E-state index >= 15 is 0 Å². The zero-order chi connectivity index (χ0) is 13.2. The van der Waals surface area contributed by atoms with Gasteiger partial charge in [-0.1, -0.05) is 0 Å². The highest BCUT2D eigenvalue weighted by atomic mass is 16.6. The molecule has 1 saturated heterocycles. The van der Waals surface area contributed by atoms with Gasteiger partial charge in [0.05, 0.1) is 0 Å². The number of hydrogen-bond donors (Lipinski definition) is 2. The van der Waals surface area contributed by atoms with Gasteiger partial charge in [-0.3, -0.25) is 9.59 Å². The molecule has 0 spiro atoms. The molecular weight excluding hydrogens is 222 g/mol. The first-order valence-electron chi connectivity index (χ1n) is 5.89. The number of Topliss-reactive ketones (excluding diaryl/α,β-unsaturated/α-hetero) is 1. The maximum atomic E-state index is 11.7. The fraction of sp³-hybridized carbons (Fsp3) is 0.833. The number of ketones is 1. The summed E-state index contributed by atoms with van der Waals surface area (Å²) >= 11 is 0. The van der Waals surface area contributed by atoms with E-state index in [2.05, 4.69) is 5.32 Å². The Balaban J connectivity index is 2.51. The largest absolute Gasteiger partial charge is 0.459 e. The maximum absolute atomic E-state index is 11.7. The van der Waals surface area contributed by atoms with Crippen molar-refractivity contribution in [2.24, 2.45) is 5.92 Å². The first-order chi connectivity index (χ1) is 7.70. The number of nitrogens with one attached hydrogen (secondary N) is 1. The van der Waals surface area contributed by atoms with Crippen LogP contribution in [0, 0.1) is 5.92 Å². The van der Waals surface area contributed by atoms with Crippen molar-refractivity contribution in [2.45, 2.75) is 51.9 Å². The Bertz CT molecular complexity index is 306. The summed E-state index contributed by atoms with van der Waals surface area (Å²) in [5.41, 5.74) is -0.523. The summed E-state index contributed by atoms with van der Waals surface area (Å²) in [6.45, 7) is 7.28. The molecule has 3 atom stereocenters. The second kappa shape index (κ2) is 5.14. The van der Waals surface area contributed by atoms with Gasteiger partial charge in [-0.2, -0.15) is 0 Å². The molecule has 1 aliphatic heterocycles. The lowest BCUT2D eigenvalue weighted by Crippen LogP contribution is -2.37. The molecule has 5 nitrogen and oxygen atoms in total. The Labute approximate surface area is 102 Å². The molecule has 1 rings (SSSR count). The van der Waals surface area contributed by atoms with Crippen LogP contribution in [-0.4, -0.2) is 41.2 Å². The molecule has 0 bridgehead atoms. The van der Waals surface area contributed by atoms with Gasteiger partial charge in [0.15, 0.2) is 5.78 Å². The first kappa shape index (κ1) is 14.1. The third-order valence-corrected chi connectivity index (χ3v) is 2.64. The summed E-state index contributed by atoms with van der Waals surface area (Å²) < 4.78 is 5.23. The van der Waals surface area contributed by atoms with Gasteiger partial charge in [0.1, 0.15) is 17.7 Å². The van der Waals surface area contributed by atoms with Crippen molar-refractivity contribution >= 4 is 11.8 Å². The van der Waals surface area contributed by atoms with Gasteiger partial charge in [0.25, 0.3) is 0 Å². The van der Waals surface area contributed by atoms with Crippen LogP contribution in [0.3, 0.4) is 0 Å². The van der Waals surface area contributed by atoms with Gasteiger partial charge in [-0.25, -0.2) is 0 Å². The van der Waals surface area contributed by atoms with Crippen molar-refractivity contribution in [1.29, 1.82) is 0 Å². The van der Waals surface area contributed by atoms with Crippen LogP contribution >= 0.6 is 0 Å². The maximum Gasteiger partial charge on any atom is 0.323 e. The molecule has 2 unspecified atom stereocenters. The molecule has 0 amide bonds. The number of carbonyl (C=O) groups is 2. The lowest BCUT2D eigenvalue weighted by atomic mass is 9.97. The van der Waals surface area contributed by atoms with Crippen molar-refractivity contribution < 1.29 is 19.4 Å². The number of aliphatic hydroxyl groups is 1. The lowest BCUT2D eigenvalue weighted by Gasteiger charge is -2.22. The van der Waals surface area contributed by atoms with E-state index in [4.69, 9.17) is 4.74 Å². The van der Waals surface area contributed by atoms with E-state index in [1.807, 2.05) is 0 Å². The molecule has 5 heteroatoms. The average Bonchev–Trinajstić information content (AvgIpc) is 2.62. The SMILES string of the molecule is CC(O)C(=O)C1CN[C@H](C(=O)OC(C)(C)C)C1. The fourth-order valence-corrected chi connectivity index (χ4v) is 1.85. The van der Waals surface area contributed by atoms with Crippen LogP contribution in [0.5, 0.6) is 0 Å². The Morgan fingerprint density at radius 2 is 2.00 bits per heavy atom. The van der Waals surface area contributed by atoms with E-state index in [1.54, 1.807) is 20.8 Å². The van der Waals surface area contributed by atoms with Gasteiger partial charge in [0.2, 0.25) is 0 Å². The number of carbonyl (C=O) groups excluding carboxylic acids is 2. The van der Waals surface area contributed by atoms with Gasteiger partial charge in [-0.05, 0) is 34.1 Å². The summed E-state index contributed by atoms with van der Waals surface area (Å²) in [7, 11) is 0. The van der Waals surface area contributed by atoms with E-state index in [0.29, 0.717) is 13.0 Å². The summed E-state index contributed by atoms with van der Waals surface area (Å²) in [6, 6.07) is -0.443. The molecule has 1 heterocycles. The highest BCUT2D eigenvalue weighted by Gasteiger charge is 2.36. The Kier molecular flexibility index (Phi) is 4.27. The predicted molar refractivity (Wildman–Crippen MR) is 62.4 cm³/mol. The molecule has 0 aliphatic carbocycles. The highest BCUT2D eigenvalue weighted by Crippen LogP contribution is 2.19. The van der Waals surface area contributed by atoms with E-state index in [1.165, 1.54) is 6.92 Å². The minimum atomic E-state index is -0.973. The standard InChI is InChI=1S/C12H21NO4/c1-7(14)10(15)8-5-9(13-6-8)11(16)17-12(2,3)4/h7-9,13-14H,5-6H2,1-4H3/t7?,8?,9-/m0/s1. The van der Waals surface area contributed by atoms with Crippen molar-refractivity contribution in [3.63, 3.8) is 0 Å². The van der Waals surface area contributed by atoms with Crippen LogP contribution in [0.15, 0.2) is 0 Å². The minimum Gasteiger partial charge on any atom is -0.459 e. The van der Waals surface area contributed by atoms with Gasteiger partial charge < -0.3 is 15.2 Å². The Morgan fingerprint density at radius 3 is 2.47 bits per heavy atom. The Morgan fingerprint density at radius 1 is 1.41 bits per heavy atom. The fourth-order valence-electron chi connectivity index (χ4n) is 1.85. The van der Waals surface area contributed by atoms with Crippen LogP contribution in [0.25, 0.3) is 0 Å². The number of rotatable bonds is 3. The molecule has 1 aliphatic rings. The number of ether oxygens (including phenoxy) is 1. The third-order valence-electron chi connectivity index (χ3n) is 2.64. The summed E-state index contributed by atoms with van der Waals surface area (Å²) in [5, 5.41) is 12.2. The van der Waals surface area contributed by atoms with Crippen molar-refractivity contribution in [3.05, 3.63) is 0 Å². The molecule has 2 N–H and O–H groups in total. The van der Waals surface area contributed by atoms with Crippen molar-refractivity contribution in [2.75, 3.05) is 6.54 Å². The molecule has 0 aromatic rings. The molecular formula is C12H21NO4. The highest BCUT2D eigenvalue weighted by molar-refractivity contribution is 5.87. The summed E-state index contributed by atoms with van der Waals surface area (Å²) in [5.74, 6) is -0.852. The number of aliphatic hydroxyl groups excluding tert-OH is 1. The molecule has 17 heavy (non-hydrogen) atoms. The zero-order valence-corrected chi connectivity index (χ0v) is 10.8. The quantitative estimate of drug-likeness (QED) is 0.695. The molecule has 1 fully saturated rings. The van der Waals surface area contributed by atoms with E-state index in [9.17, 15) is 14.7 Å². The van der Waals surface area contributed by atoms with Crippen LogP contribution in [0.2, 0.25) is 0 Å². The molecule has 0 aromatic heterocycles. The van der Waals surface area contributed by atoms with E-state index < -0.39 is 17.7 Å². The smallest absolute Gasteiger partial charge is 0.323 e. The summed E-state index contributed by atoms with van der Waals surface area (Å²) in [6.07, 6.45) is -0.572.